The molecule has 4 rings (SSSR count). The number of halogens is 3. The van der Waals surface area contributed by atoms with Gasteiger partial charge in [-0.25, -0.2) is 0 Å². The van der Waals surface area contributed by atoms with Crippen molar-refractivity contribution >= 4 is 23.1 Å². The first-order valence-electron chi connectivity index (χ1n) is 11.7. The SMILES string of the molecule is OCCCCOC1CCN(CCCN2c3ccccc3Sc3ccc(C(F)(F)F)cc32)CC1. The van der Waals surface area contributed by atoms with Gasteiger partial charge in [0.05, 0.1) is 23.0 Å². The third-order valence-corrected chi connectivity index (χ3v) is 7.38. The number of ether oxygens (including phenoxy) is 1. The molecule has 2 aliphatic heterocycles. The maximum absolute atomic E-state index is 13.4. The van der Waals surface area contributed by atoms with E-state index in [0.29, 0.717) is 24.9 Å². The van der Waals surface area contributed by atoms with E-state index in [0.717, 1.165) is 67.2 Å². The zero-order chi connectivity index (χ0) is 23.3. The lowest BCUT2D eigenvalue weighted by atomic mass is 10.1. The van der Waals surface area contributed by atoms with Gasteiger partial charge < -0.3 is 19.6 Å². The maximum atomic E-state index is 13.4. The Morgan fingerprint density at radius 1 is 0.939 bits per heavy atom. The third-order valence-electron chi connectivity index (χ3n) is 6.25. The first-order valence-corrected chi connectivity index (χ1v) is 12.5. The first-order chi connectivity index (χ1) is 16.0. The van der Waals surface area contributed by atoms with Gasteiger partial charge in [-0.2, -0.15) is 13.2 Å². The topological polar surface area (TPSA) is 35.9 Å². The summed E-state index contributed by atoms with van der Waals surface area (Å²) in [6, 6.07) is 12.0. The smallest absolute Gasteiger partial charge is 0.396 e. The Kier molecular flexibility index (Phi) is 8.22. The monoisotopic (exact) mass is 480 g/mol. The molecule has 8 heteroatoms. The molecule has 1 fully saturated rings. The Bertz CT molecular complexity index is 917. The van der Waals surface area contributed by atoms with Gasteiger partial charge in [-0.3, -0.25) is 0 Å². The highest BCUT2D eigenvalue weighted by molar-refractivity contribution is 7.99. The average Bonchev–Trinajstić information content (AvgIpc) is 2.81. The number of rotatable bonds is 9. The molecule has 180 valence electrons. The molecule has 2 aliphatic rings. The molecular weight excluding hydrogens is 449 g/mol. The molecule has 2 heterocycles. The number of aliphatic hydroxyl groups excluding tert-OH is 1. The molecule has 0 unspecified atom stereocenters. The van der Waals surface area contributed by atoms with Crippen molar-refractivity contribution in [2.45, 2.75) is 54.2 Å². The van der Waals surface area contributed by atoms with Gasteiger partial charge in [-0.15, -0.1) is 0 Å². The van der Waals surface area contributed by atoms with E-state index < -0.39 is 11.7 Å². The Hall–Kier alpha value is -1.74. The number of alkyl halides is 3. The predicted octanol–water partition coefficient (Wildman–Crippen LogP) is 5.95. The van der Waals surface area contributed by atoms with Crippen LogP contribution in [-0.4, -0.2) is 55.5 Å². The molecule has 0 aliphatic carbocycles. The number of para-hydroxylation sites is 1. The minimum Gasteiger partial charge on any atom is -0.396 e. The maximum Gasteiger partial charge on any atom is 0.416 e. The largest absolute Gasteiger partial charge is 0.416 e. The Balaban J connectivity index is 1.36. The predicted molar refractivity (Wildman–Crippen MR) is 125 cm³/mol. The highest BCUT2D eigenvalue weighted by Gasteiger charge is 2.33. The van der Waals surface area contributed by atoms with Crippen LogP contribution >= 0.6 is 11.8 Å². The summed E-state index contributed by atoms with van der Waals surface area (Å²) in [5, 5.41) is 8.86. The summed E-state index contributed by atoms with van der Waals surface area (Å²) in [6.45, 7) is 4.46. The van der Waals surface area contributed by atoms with Crippen LogP contribution in [0.2, 0.25) is 0 Å². The lowest BCUT2D eigenvalue weighted by molar-refractivity contribution is -0.137. The van der Waals surface area contributed by atoms with E-state index in [1.807, 2.05) is 29.2 Å². The summed E-state index contributed by atoms with van der Waals surface area (Å²) in [7, 11) is 0. The third kappa shape index (κ3) is 6.23. The lowest BCUT2D eigenvalue weighted by Crippen LogP contribution is -2.38. The van der Waals surface area contributed by atoms with Crippen molar-refractivity contribution in [1.29, 1.82) is 0 Å². The van der Waals surface area contributed by atoms with Gasteiger partial charge in [0.2, 0.25) is 0 Å². The van der Waals surface area contributed by atoms with Gasteiger partial charge in [-0.1, -0.05) is 23.9 Å². The molecule has 0 amide bonds. The number of fused-ring (bicyclic) bond motifs is 2. The molecule has 2 aromatic rings. The number of benzene rings is 2. The zero-order valence-corrected chi connectivity index (χ0v) is 19.5. The molecule has 0 radical (unpaired) electrons. The van der Waals surface area contributed by atoms with Crippen LogP contribution in [-0.2, 0) is 10.9 Å². The molecule has 1 saturated heterocycles. The standard InChI is InChI=1S/C25H31F3N2O2S/c26-25(27,28)19-8-9-24-22(18-19)30(21-6-1-2-7-23(21)33-24)13-5-12-29-14-10-20(11-15-29)32-17-4-3-16-31/h1-2,6-9,18,20,31H,3-5,10-17H2. The van der Waals surface area contributed by atoms with Crippen LogP contribution in [0.25, 0.3) is 0 Å². The summed E-state index contributed by atoms with van der Waals surface area (Å²) in [5.41, 5.74) is 1.01. The average molecular weight is 481 g/mol. The minimum absolute atomic E-state index is 0.212. The number of anilines is 2. The molecule has 0 spiro atoms. The molecule has 0 aromatic heterocycles. The van der Waals surface area contributed by atoms with Crippen LogP contribution in [0, 0.1) is 0 Å². The highest BCUT2D eigenvalue weighted by atomic mass is 32.2. The van der Waals surface area contributed by atoms with Crippen LogP contribution in [0.1, 0.15) is 37.7 Å². The Labute approximate surface area is 197 Å². The van der Waals surface area contributed by atoms with Crippen molar-refractivity contribution in [1.82, 2.24) is 4.90 Å². The summed E-state index contributed by atoms with van der Waals surface area (Å²) >= 11 is 1.53. The molecule has 2 aromatic carbocycles. The highest BCUT2D eigenvalue weighted by Crippen LogP contribution is 2.49. The van der Waals surface area contributed by atoms with Gasteiger partial charge in [-0.05, 0) is 69.0 Å². The molecule has 0 atom stereocenters. The lowest BCUT2D eigenvalue weighted by Gasteiger charge is -2.35. The number of aliphatic hydroxyl groups is 1. The summed E-state index contributed by atoms with van der Waals surface area (Å²) in [5.74, 6) is 0. The molecule has 4 nitrogen and oxygen atoms in total. The fourth-order valence-corrected chi connectivity index (χ4v) is 5.54. The number of hydrogen-bond acceptors (Lipinski definition) is 5. The van der Waals surface area contributed by atoms with E-state index in [-0.39, 0.29) is 6.61 Å². The van der Waals surface area contributed by atoms with Gasteiger partial charge in [0.15, 0.2) is 0 Å². The molecule has 0 bridgehead atoms. The number of nitrogens with zero attached hydrogens (tertiary/aromatic N) is 2. The van der Waals surface area contributed by atoms with Gasteiger partial charge in [0, 0.05) is 42.6 Å². The minimum atomic E-state index is -4.35. The number of likely N-dealkylation sites (tertiary alicyclic amines) is 1. The van der Waals surface area contributed by atoms with Crippen molar-refractivity contribution in [2.24, 2.45) is 0 Å². The second-order valence-corrected chi connectivity index (χ2v) is 9.68. The van der Waals surface area contributed by atoms with Crippen LogP contribution in [0.5, 0.6) is 0 Å². The summed E-state index contributed by atoms with van der Waals surface area (Å²) in [4.78, 5) is 6.41. The zero-order valence-electron chi connectivity index (χ0n) is 18.7. The van der Waals surface area contributed by atoms with Gasteiger partial charge in [0.1, 0.15) is 0 Å². The van der Waals surface area contributed by atoms with Crippen molar-refractivity contribution in [3.05, 3.63) is 48.0 Å². The quantitative estimate of drug-likeness (QED) is 0.449. The van der Waals surface area contributed by atoms with E-state index in [1.54, 1.807) is 6.07 Å². The summed E-state index contributed by atoms with van der Waals surface area (Å²) < 4.78 is 46.0. The second kappa shape index (κ2) is 11.1. The second-order valence-electron chi connectivity index (χ2n) is 8.60. The van der Waals surface area contributed by atoms with Crippen molar-refractivity contribution in [2.75, 3.05) is 44.3 Å². The molecule has 33 heavy (non-hydrogen) atoms. The van der Waals surface area contributed by atoms with Crippen molar-refractivity contribution in [3.8, 4) is 0 Å². The van der Waals surface area contributed by atoms with Crippen molar-refractivity contribution < 1.29 is 23.0 Å². The van der Waals surface area contributed by atoms with Crippen LogP contribution in [0.4, 0.5) is 24.5 Å². The Morgan fingerprint density at radius 2 is 1.70 bits per heavy atom. The van der Waals surface area contributed by atoms with Gasteiger partial charge >= 0.3 is 6.18 Å². The number of unbranched alkanes of at least 4 members (excludes halogenated alkanes) is 1. The number of hydrogen-bond donors (Lipinski definition) is 1. The molecule has 0 saturated carbocycles. The fourth-order valence-electron chi connectivity index (χ4n) is 4.46. The van der Waals surface area contributed by atoms with E-state index in [9.17, 15) is 13.2 Å². The fraction of sp³-hybridized carbons (Fsp3) is 0.520. The van der Waals surface area contributed by atoms with Crippen LogP contribution in [0.15, 0.2) is 52.3 Å². The van der Waals surface area contributed by atoms with E-state index in [1.165, 1.54) is 23.9 Å². The Morgan fingerprint density at radius 3 is 2.45 bits per heavy atom. The van der Waals surface area contributed by atoms with Crippen LogP contribution in [0.3, 0.4) is 0 Å². The molecular formula is C25H31F3N2O2S. The van der Waals surface area contributed by atoms with Gasteiger partial charge in [0.25, 0.3) is 0 Å². The van der Waals surface area contributed by atoms with Crippen molar-refractivity contribution in [3.63, 3.8) is 0 Å². The normalized spacial score (nSPS) is 17.2. The summed E-state index contributed by atoms with van der Waals surface area (Å²) in [6.07, 6.45) is 0.483. The van der Waals surface area contributed by atoms with Crippen LogP contribution < -0.4 is 4.90 Å². The van der Waals surface area contributed by atoms with E-state index >= 15 is 0 Å². The van der Waals surface area contributed by atoms with E-state index in [2.05, 4.69) is 4.90 Å². The molecule has 1 N–H and O–H groups in total. The van der Waals surface area contributed by atoms with E-state index in [4.69, 9.17) is 9.84 Å². The first kappa shape index (κ1) is 24.4. The number of piperidine rings is 1.